The standard InChI is InChI=1S/C9H13N3S/c1-3-10-7-12-9(1)11-5-8-2-4-13-6-8/h1,3,7-8H,2,4-6H2,(H,10,11,12). The molecule has 2 heterocycles. The maximum atomic E-state index is 4.11. The van der Waals surface area contributed by atoms with Gasteiger partial charge in [-0.2, -0.15) is 11.8 Å². The van der Waals surface area contributed by atoms with E-state index in [1.54, 1.807) is 12.5 Å². The Hall–Kier alpha value is -0.770. The summed E-state index contributed by atoms with van der Waals surface area (Å²) in [6.07, 6.45) is 4.67. The van der Waals surface area contributed by atoms with Gasteiger partial charge in [-0.15, -0.1) is 0 Å². The van der Waals surface area contributed by atoms with Crippen LogP contribution in [-0.2, 0) is 0 Å². The molecular weight excluding hydrogens is 182 g/mol. The van der Waals surface area contributed by atoms with Gasteiger partial charge in [-0.25, -0.2) is 9.97 Å². The number of anilines is 1. The first kappa shape index (κ1) is 8.81. The van der Waals surface area contributed by atoms with Crippen molar-refractivity contribution in [3.05, 3.63) is 18.6 Å². The number of aromatic nitrogens is 2. The number of thioether (sulfide) groups is 1. The van der Waals surface area contributed by atoms with E-state index in [4.69, 9.17) is 0 Å². The van der Waals surface area contributed by atoms with Crippen LogP contribution in [0.1, 0.15) is 6.42 Å². The number of hydrogen-bond acceptors (Lipinski definition) is 4. The summed E-state index contributed by atoms with van der Waals surface area (Å²) >= 11 is 2.04. The zero-order valence-electron chi connectivity index (χ0n) is 7.44. The first-order chi connectivity index (χ1) is 6.45. The number of nitrogens with one attached hydrogen (secondary N) is 1. The van der Waals surface area contributed by atoms with Crippen molar-refractivity contribution in [2.75, 3.05) is 23.4 Å². The zero-order valence-corrected chi connectivity index (χ0v) is 8.26. The molecule has 1 fully saturated rings. The number of rotatable bonds is 3. The van der Waals surface area contributed by atoms with E-state index in [2.05, 4.69) is 15.3 Å². The Morgan fingerprint density at radius 1 is 1.62 bits per heavy atom. The lowest BCUT2D eigenvalue weighted by molar-refractivity contribution is 0.630. The molecule has 0 bridgehead atoms. The molecular formula is C9H13N3S. The summed E-state index contributed by atoms with van der Waals surface area (Å²) in [7, 11) is 0. The molecule has 4 heteroatoms. The molecule has 2 rings (SSSR count). The highest BCUT2D eigenvalue weighted by molar-refractivity contribution is 7.99. The quantitative estimate of drug-likeness (QED) is 0.795. The minimum atomic E-state index is 0.819. The fourth-order valence-electron chi connectivity index (χ4n) is 1.39. The molecule has 0 saturated carbocycles. The van der Waals surface area contributed by atoms with Crippen LogP contribution in [0.4, 0.5) is 5.82 Å². The lowest BCUT2D eigenvalue weighted by atomic mass is 10.1. The summed E-state index contributed by atoms with van der Waals surface area (Å²) in [4.78, 5) is 7.98. The monoisotopic (exact) mass is 195 g/mol. The van der Waals surface area contributed by atoms with Gasteiger partial charge in [-0.05, 0) is 29.9 Å². The highest BCUT2D eigenvalue weighted by Crippen LogP contribution is 2.23. The van der Waals surface area contributed by atoms with E-state index in [-0.39, 0.29) is 0 Å². The molecule has 1 unspecified atom stereocenters. The molecule has 0 radical (unpaired) electrons. The second kappa shape index (κ2) is 4.46. The topological polar surface area (TPSA) is 37.8 Å². The Bertz CT molecular complexity index is 246. The normalized spacial score (nSPS) is 21.7. The van der Waals surface area contributed by atoms with E-state index in [9.17, 15) is 0 Å². The van der Waals surface area contributed by atoms with Crippen molar-refractivity contribution in [2.45, 2.75) is 6.42 Å². The summed E-state index contributed by atoms with van der Waals surface area (Å²) in [5, 5.41) is 3.32. The first-order valence-electron chi connectivity index (χ1n) is 4.53. The lowest BCUT2D eigenvalue weighted by Gasteiger charge is -2.09. The predicted octanol–water partition coefficient (Wildman–Crippen LogP) is 1.64. The fraction of sp³-hybridized carbons (Fsp3) is 0.556. The third-order valence-corrected chi connectivity index (χ3v) is 3.41. The average Bonchev–Trinajstić information content (AvgIpc) is 2.69. The highest BCUT2D eigenvalue weighted by Gasteiger charge is 2.14. The van der Waals surface area contributed by atoms with Gasteiger partial charge in [0.25, 0.3) is 0 Å². The minimum absolute atomic E-state index is 0.819. The molecule has 0 aromatic carbocycles. The largest absolute Gasteiger partial charge is 0.370 e. The summed E-state index contributed by atoms with van der Waals surface area (Å²) in [5.41, 5.74) is 0. The number of hydrogen-bond donors (Lipinski definition) is 1. The van der Waals surface area contributed by atoms with Gasteiger partial charge in [0.05, 0.1) is 0 Å². The van der Waals surface area contributed by atoms with Crippen LogP contribution in [-0.4, -0.2) is 28.0 Å². The van der Waals surface area contributed by atoms with Crippen LogP contribution < -0.4 is 5.32 Å². The van der Waals surface area contributed by atoms with Crippen LogP contribution in [0, 0.1) is 5.92 Å². The zero-order chi connectivity index (χ0) is 8.93. The summed E-state index contributed by atoms with van der Waals surface area (Å²) in [6, 6.07) is 1.90. The molecule has 1 aliphatic rings. The van der Waals surface area contributed by atoms with Crippen molar-refractivity contribution in [2.24, 2.45) is 5.92 Å². The molecule has 0 amide bonds. The Morgan fingerprint density at radius 2 is 2.62 bits per heavy atom. The van der Waals surface area contributed by atoms with Crippen molar-refractivity contribution in [3.63, 3.8) is 0 Å². The Labute approximate surface area is 82.4 Å². The fourth-order valence-corrected chi connectivity index (χ4v) is 2.67. The van der Waals surface area contributed by atoms with Gasteiger partial charge in [0, 0.05) is 12.7 Å². The highest BCUT2D eigenvalue weighted by atomic mass is 32.2. The molecule has 13 heavy (non-hydrogen) atoms. The smallest absolute Gasteiger partial charge is 0.129 e. The van der Waals surface area contributed by atoms with Gasteiger partial charge in [0.15, 0.2) is 0 Å². The second-order valence-corrected chi connectivity index (χ2v) is 4.35. The third kappa shape index (κ3) is 2.59. The van der Waals surface area contributed by atoms with E-state index in [1.165, 1.54) is 17.9 Å². The van der Waals surface area contributed by atoms with Gasteiger partial charge >= 0.3 is 0 Å². The molecule has 70 valence electrons. The first-order valence-corrected chi connectivity index (χ1v) is 5.68. The van der Waals surface area contributed by atoms with Crippen LogP contribution in [0.3, 0.4) is 0 Å². The van der Waals surface area contributed by atoms with E-state index in [0.717, 1.165) is 18.3 Å². The molecule has 3 nitrogen and oxygen atoms in total. The molecule has 1 saturated heterocycles. The maximum absolute atomic E-state index is 4.11. The molecule has 0 aliphatic carbocycles. The van der Waals surface area contributed by atoms with Crippen molar-refractivity contribution in [1.29, 1.82) is 0 Å². The summed E-state index contributed by atoms with van der Waals surface area (Å²) in [5.74, 6) is 4.36. The Morgan fingerprint density at radius 3 is 3.31 bits per heavy atom. The molecule has 0 spiro atoms. The van der Waals surface area contributed by atoms with Crippen molar-refractivity contribution in [3.8, 4) is 0 Å². The Balaban J connectivity index is 1.79. The molecule has 1 aromatic rings. The van der Waals surface area contributed by atoms with E-state index >= 15 is 0 Å². The summed E-state index contributed by atoms with van der Waals surface area (Å²) in [6.45, 7) is 1.05. The van der Waals surface area contributed by atoms with Crippen molar-refractivity contribution in [1.82, 2.24) is 9.97 Å². The number of nitrogens with zero attached hydrogens (tertiary/aromatic N) is 2. The van der Waals surface area contributed by atoms with Crippen LogP contribution in [0.5, 0.6) is 0 Å². The van der Waals surface area contributed by atoms with Gasteiger partial charge in [0.2, 0.25) is 0 Å². The van der Waals surface area contributed by atoms with Crippen LogP contribution in [0.25, 0.3) is 0 Å². The summed E-state index contributed by atoms with van der Waals surface area (Å²) < 4.78 is 0. The average molecular weight is 195 g/mol. The SMILES string of the molecule is c1cc(NCC2CCSC2)ncn1. The predicted molar refractivity (Wildman–Crippen MR) is 56.0 cm³/mol. The minimum Gasteiger partial charge on any atom is -0.370 e. The maximum Gasteiger partial charge on any atom is 0.129 e. The van der Waals surface area contributed by atoms with Gasteiger partial charge < -0.3 is 5.32 Å². The lowest BCUT2D eigenvalue weighted by Crippen LogP contribution is -2.14. The van der Waals surface area contributed by atoms with E-state index in [0.29, 0.717) is 0 Å². The van der Waals surface area contributed by atoms with Gasteiger partial charge in [0.1, 0.15) is 12.1 Å². The Kier molecular flexibility index (Phi) is 3.02. The van der Waals surface area contributed by atoms with Crippen molar-refractivity contribution >= 4 is 17.6 Å². The molecule has 1 N–H and O–H groups in total. The molecule has 1 atom stereocenters. The second-order valence-electron chi connectivity index (χ2n) is 3.21. The third-order valence-electron chi connectivity index (χ3n) is 2.18. The van der Waals surface area contributed by atoms with Crippen LogP contribution >= 0.6 is 11.8 Å². The van der Waals surface area contributed by atoms with E-state index < -0.39 is 0 Å². The molecule has 1 aliphatic heterocycles. The van der Waals surface area contributed by atoms with Gasteiger partial charge in [-0.1, -0.05) is 0 Å². The van der Waals surface area contributed by atoms with E-state index in [1.807, 2.05) is 17.8 Å². The van der Waals surface area contributed by atoms with Crippen molar-refractivity contribution < 1.29 is 0 Å². The van der Waals surface area contributed by atoms with Crippen LogP contribution in [0.2, 0.25) is 0 Å². The van der Waals surface area contributed by atoms with Crippen LogP contribution in [0.15, 0.2) is 18.6 Å². The molecule has 1 aromatic heterocycles. The van der Waals surface area contributed by atoms with Gasteiger partial charge in [-0.3, -0.25) is 0 Å².